The third-order valence-electron chi connectivity index (χ3n) is 7.08. The molecular formula is C27H28F6N2O6. The summed E-state index contributed by atoms with van der Waals surface area (Å²) in [5, 5.41) is 12.4. The van der Waals surface area contributed by atoms with E-state index < -0.39 is 41.0 Å². The largest absolute Gasteiger partial charge is 0.493 e. The zero-order valence-electron chi connectivity index (χ0n) is 22.1. The Morgan fingerprint density at radius 2 is 1.68 bits per heavy atom. The average molecular weight is 591 g/mol. The van der Waals surface area contributed by atoms with Gasteiger partial charge in [0.15, 0.2) is 11.5 Å². The number of ether oxygens (including phenoxy) is 3. The first-order chi connectivity index (χ1) is 19.1. The number of imide groups is 1. The van der Waals surface area contributed by atoms with Gasteiger partial charge >= 0.3 is 18.4 Å². The summed E-state index contributed by atoms with van der Waals surface area (Å²) in [5.74, 6) is 0.593. The van der Waals surface area contributed by atoms with Gasteiger partial charge in [-0.15, -0.1) is 0 Å². The normalized spacial score (nSPS) is 19.1. The van der Waals surface area contributed by atoms with E-state index in [1.54, 1.807) is 32.0 Å². The fraction of sp³-hybridized carbons (Fsp3) is 0.481. The van der Waals surface area contributed by atoms with Crippen molar-refractivity contribution in [1.82, 2.24) is 10.2 Å². The predicted molar refractivity (Wildman–Crippen MR) is 131 cm³/mol. The summed E-state index contributed by atoms with van der Waals surface area (Å²) in [6, 6.07) is 6.52. The summed E-state index contributed by atoms with van der Waals surface area (Å²) >= 11 is 0. The maximum Gasteiger partial charge on any atom is 0.430 e. The highest BCUT2D eigenvalue weighted by molar-refractivity contribution is 6.07. The number of aliphatic hydroxyl groups is 1. The molecule has 2 aliphatic heterocycles. The predicted octanol–water partition coefficient (Wildman–Crippen LogP) is 5.31. The van der Waals surface area contributed by atoms with E-state index in [4.69, 9.17) is 14.2 Å². The zero-order valence-corrected chi connectivity index (χ0v) is 22.1. The highest BCUT2D eigenvalue weighted by Crippen LogP contribution is 2.50. The van der Waals surface area contributed by atoms with Crippen LogP contribution in [0.4, 0.5) is 31.1 Å². The van der Waals surface area contributed by atoms with E-state index >= 15 is 0 Å². The molecule has 224 valence electrons. The molecule has 4 rings (SSSR count). The van der Waals surface area contributed by atoms with Crippen LogP contribution in [0.3, 0.4) is 0 Å². The molecule has 1 saturated heterocycles. The number of hydrogen-bond donors (Lipinski definition) is 2. The van der Waals surface area contributed by atoms with E-state index in [2.05, 4.69) is 5.32 Å². The Hall–Kier alpha value is -3.68. The molecule has 0 aromatic heterocycles. The summed E-state index contributed by atoms with van der Waals surface area (Å²) in [5.41, 5.74) is -7.11. The maximum absolute atomic E-state index is 13.3. The van der Waals surface area contributed by atoms with Crippen LogP contribution in [0.25, 0.3) is 0 Å². The Bertz CT molecular complexity index is 1300. The van der Waals surface area contributed by atoms with Crippen LogP contribution in [0.5, 0.6) is 17.2 Å². The summed E-state index contributed by atoms with van der Waals surface area (Å²) in [6.45, 7) is 3.38. The van der Waals surface area contributed by atoms with Crippen molar-refractivity contribution in [2.24, 2.45) is 0 Å². The molecule has 2 aliphatic rings. The molecule has 1 fully saturated rings. The van der Waals surface area contributed by atoms with E-state index in [1.165, 1.54) is 0 Å². The van der Waals surface area contributed by atoms with Crippen molar-refractivity contribution < 1.29 is 55.2 Å². The number of hydrogen-bond acceptors (Lipinski definition) is 6. The van der Waals surface area contributed by atoms with Crippen LogP contribution < -0.4 is 19.5 Å². The zero-order chi connectivity index (χ0) is 30.2. The second-order valence-electron chi connectivity index (χ2n) is 9.91. The molecule has 41 heavy (non-hydrogen) atoms. The van der Waals surface area contributed by atoms with Crippen LogP contribution >= 0.6 is 0 Å². The minimum Gasteiger partial charge on any atom is -0.493 e. The van der Waals surface area contributed by atoms with E-state index in [1.807, 2.05) is 0 Å². The van der Waals surface area contributed by atoms with Crippen LogP contribution in [-0.2, 0) is 22.4 Å². The molecule has 2 heterocycles. The molecule has 0 spiro atoms. The van der Waals surface area contributed by atoms with Gasteiger partial charge in [-0.3, -0.25) is 9.69 Å². The second-order valence-corrected chi connectivity index (χ2v) is 9.91. The quantitative estimate of drug-likeness (QED) is 0.221. The Morgan fingerprint density at radius 3 is 2.34 bits per heavy atom. The molecule has 2 aromatic rings. The van der Waals surface area contributed by atoms with Gasteiger partial charge in [0.1, 0.15) is 11.3 Å². The Labute approximate surface area is 231 Å². The van der Waals surface area contributed by atoms with Crippen LogP contribution in [0.2, 0.25) is 0 Å². The van der Waals surface area contributed by atoms with Gasteiger partial charge in [0.25, 0.3) is 11.5 Å². The number of nitrogens with one attached hydrogen (secondary N) is 1. The lowest BCUT2D eigenvalue weighted by molar-refractivity contribution is -0.376. The van der Waals surface area contributed by atoms with Crippen molar-refractivity contribution in [3.63, 3.8) is 0 Å². The van der Waals surface area contributed by atoms with E-state index in [0.29, 0.717) is 48.5 Å². The molecule has 2 N–H and O–H groups in total. The lowest BCUT2D eigenvalue weighted by Gasteiger charge is -2.33. The molecule has 0 aliphatic carbocycles. The number of unbranched alkanes of at least 4 members (excludes halogenated alkanes) is 1. The number of alkyl halides is 6. The number of benzene rings is 2. The number of amides is 3. The number of carbonyl (C=O) groups excluding carboxylic acids is 2. The molecule has 8 nitrogen and oxygen atoms in total. The number of carbonyl (C=O) groups is 2. The number of halogens is 6. The Kier molecular flexibility index (Phi) is 8.09. The molecular weight excluding hydrogens is 562 g/mol. The maximum atomic E-state index is 13.3. The molecule has 14 heteroatoms. The van der Waals surface area contributed by atoms with Crippen molar-refractivity contribution >= 4 is 11.9 Å². The molecule has 0 radical (unpaired) electrons. The number of fused-ring (bicyclic) bond motifs is 1. The monoisotopic (exact) mass is 590 g/mol. The topological polar surface area (TPSA) is 97.3 Å². The van der Waals surface area contributed by atoms with Crippen LogP contribution in [0.1, 0.15) is 49.8 Å². The first-order valence-corrected chi connectivity index (χ1v) is 12.8. The second kappa shape index (κ2) is 11.0. The molecule has 0 saturated carbocycles. The fourth-order valence-corrected chi connectivity index (χ4v) is 4.76. The fourth-order valence-electron chi connectivity index (χ4n) is 4.76. The summed E-state index contributed by atoms with van der Waals surface area (Å²) in [6.07, 6.45) is -10.8. The average Bonchev–Trinajstić information content (AvgIpc) is 3.45. The number of urea groups is 1. The minimum absolute atomic E-state index is 0.0158. The number of nitrogens with zero attached hydrogens (tertiary/aromatic N) is 1. The molecule has 0 bridgehead atoms. The van der Waals surface area contributed by atoms with E-state index in [9.17, 15) is 41.0 Å². The van der Waals surface area contributed by atoms with Gasteiger partial charge in [-0.1, -0.05) is 25.5 Å². The van der Waals surface area contributed by atoms with Gasteiger partial charge < -0.3 is 24.6 Å². The molecule has 1 unspecified atom stereocenters. The lowest BCUT2D eigenvalue weighted by Crippen LogP contribution is -2.53. The highest BCUT2D eigenvalue weighted by atomic mass is 19.4. The van der Waals surface area contributed by atoms with Crippen molar-refractivity contribution in [2.45, 2.75) is 63.0 Å². The van der Waals surface area contributed by atoms with Crippen molar-refractivity contribution in [3.05, 3.63) is 53.1 Å². The summed E-state index contributed by atoms with van der Waals surface area (Å²) in [7, 11) is 0. The third-order valence-corrected chi connectivity index (χ3v) is 7.08. The Balaban J connectivity index is 1.38. The number of aryl methyl sites for hydroxylation is 1. The van der Waals surface area contributed by atoms with Gasteiger partial charge in [0, 0.05) is 12.1 Å². The van der Waals surface area contributed by atoms with Crippen LogP contribution in [0.15, 0.2) is 36.4 Å². The van der Waals surface area contributed by atoms with Crippen molar-refractivity contribution in [2.75, 3.05) is 19.9 Å². The SMILES string of the molecule is CCCc1cc(C(O)(C(F)(F)F)C(F)(F)F)ccc1OCCCCN1C(=O)NC(C)(c2ccc3c(c2)OCO3)C1=O. The molecule has 2 aromatic carbocycles. The van der Waals surface area contributed by atoms with Gasteiger partial charge in [0.2, 0.25) is 6.79 Å². The first kappa shape index (κ1) is 30.3. The van der Waals surface area contributed by atoms with Crippen LogP contribution in [0, 0.1) is 0 Å². The van der Waals surface area contributed by atoms with E-state index in [-0.39, 0.29) is 37.7 Å². The summed E-state index contributed by atoms with van der Waals surface area (Å²) in [4.78, 5) is 26.8. The van der Waals surface area contributed by atoms with Crippen molar-refractivity contribution in [3.8, 4) is 17.2 Å². The van der Waals surface area contributed by atoms with E-state index in [0.717, 1.165) is 11.0 Å². The summed E-state index contributed by atoms with van der Waals surface area (Å²) < 4.78 is 96.1. The van der Waals surface area contributed by atoms with Gasteiger partial charge in [-0.05, 0) is 61.6 Å². The highest BCUT2D eigenvalue weighted by Gasteiger charge is 2.71. The molecule has 1 atom stereocenters. The molecule has 3 amide bonds. The lowest BCUT2D eigenvalue weighted by atomic mass is 9.90. The van der Waals surface area contributed by atoms with Crippen molar-refractivity contribution in [1.29, 1.82) is 0 Å². The first-order valence-electron chi connectivity index (χ1n) is 12.8. The smallest absolute Gasteiger partial charge is 0.430 e. The van der Waals surface area contributed by atoms with Crippen LogP contribution in [-0.4, -0.2) is 54.2 Å². The Morgan fingerprint density at radius 1 is 1.00 bits per heavy atom. The van der Waals surface area contributed by atoms with Gasteiger partial charge in [0.05, 0.1) is 6.61 Å². The van der Waals surface area contributed by atoms with Gasteiger partial charge in [-0.2, -0.15) is 26.3 Å². The van der Waals surface area contributed by atoms with Gasteiger partial charge in [-0.25, -0.2) is 4.79 Å². The third kappa shape index (κ3) is 5.48. The standard InChI is InChI=1S/C27H28F6N2O6/c1-3-6-16-13-18(25(38,26(28,29)30)27(31,32)33)8-9-19(16)39-12-5-4-11-35-22(36)24(2,34-23(35)37)17-7-10-20-21(14-17)41-15-40-20/h7-10,13-14,38H,3-6,11-12,15H2,1-2H3,(H,34,37). The minimum atomic E-state index is -5.99. The number of rotatable bonds is 10.